The molecule has 0 aromatic heterocycles. The fourth-order valence-electron chi connectivity index (χ4n) is 0.438. The summed E-state index contributed by atoms with van der Waals surface area (Å²) in [6.45, 7) is 7.87. The van der Waals surface area contributed by atoms with Crippen LogP contribution in [0.15, 0.2) is 10.2 Å². The van der Waals surface area contributed by atoms with Gasteiger partial charge in [-0.25, -0.2) is 0 Å². The van der Waals surface area contributed by atoms with Crippen LogP contribution in [0.4, 0.5) is 0 Å². The van der Waals surface area contributed by atoms with Crippen molar-refractivity contribution in [2.24, 2.45) is 15.6 Å². The van der Waals surface area contributed by atoms with Gasteiger partial charge in [-0.05, 0) is 27.7 Å². The van der Waals surface area contributed by atoms with Crippen molar-refractivity contribution in [3.8, 4) is 23.7 Å². The van der Waals surface area contributed by atoms with Crippen LogP contribution in [0, 0.1) is 29.1 Å². The van der Waals surface area contributed by atoms with Crippen molar-refractivity contribution >= 4 is 52.4 Å². The zero-order valence-electron chi connectivity index (χ0n) is 9.75. The first kappa shape index (κ1) is 18.9. The van der Waals surface area contributed by atoms with Gasteiger partial charge in [-0.2, -0.15) is 0 Å². The van der Waals surface area contributed by atoms with Crippen LogP contribution in [0.1, 0.15) is 27.7 Å². The van der Waals surface area contributed by atoms with E-state index in [1.54, 1.807) is 6.92 Å². The van der Waals surface area contributed by atoms with Gasteiger partial charge in [-0.1, -0.05) is 17.8 Å². The normalized spacial score (nSPS) is 9.62. The summed E-state index contributed by atoms with van der Waals surface area (Å²) in [5.41, 5.74) is 0.0129. The van der Waals surface area contributed by atoms with Crippen molar-refractivity contribution in [1.29, 1.82) is 0 Å². The fourth-order valence-corrected chi connectivity index (χ4v) is 0.438. The first-order chi connectivity index (χ1) is 7.47. The van der Waals surface area contributed by atoms with E-state index in [-0.39, 0.29) is 5.41 Å². The molecule has 0 rings (SSSR count). The first-order valence-corrected chi connectivity index (χ1v) is 13.4. The molecule has 0 spiro atoms. The molecule has 0 aromatic rings. The fraction of sp³-hybridized carbons (Fsp3) is 0.455. The van der Waals surface area contributed by atoms with E-state index in [0.717, 1.165) is 0 Å². The zero-order valence-corrected chi connectivity index (χ0v) is 15.5. The molecular formula is C11H14I2N2V. The summed E-state index contributed by atoms with van der Waals surface area (Å²) in [6, 6.07) is 0. The molecule has 0 saturated heterocycles. The van der Waals surface area contributed by atoms with Gasteiger partial charge in [-0.3, -0.25) is 0 Å². The summed E-state index contributed by atoms with van der Waals surface area (Å²) in [4.78, 5) is 0. The molecule has 0 saturated carbocycles. The summed E-state index contributed by atoms with van der Waals surface area (Å²) in [5.74, 6) is 11.1. The zero-order chi connectivity index (χ0) is 12.9. The van der Waals surface area contributed by atoms with E-state index in [1.807, 2.05) is 20.8 Å². The summed E-state index contributed by atoms with van der Waals surface area (Å²) in [5, 5.41) is 7.33. The maximum atomic E-state index is 3.68. The van der Waals surface area contributed by atoms with Crippen molar-refractivity contribution in [1.82, 2.24) is 0 Å². The third kappa shape index (κ3) is 24.0. The van der Waals surface area contributed by atoms with Gasteiger partial charge in [0.2, 0.25) is 0 Å². The Hall–Kier alpha value is 0.504. The molecule has 0 aliphatic heterocycles. The molecule has 5 heteroatoms. The Morgan fingerprint density at radius 3 is 1.88 bits per heavy atom. The molecule has 0 radical (unpaired) electrons. The van der Waals surface area contributed by atoms with E-state index in [2.05, 4.69) is 73.8 Å². The molecule has 0 atom stereocenters. The van der Waals surface area contributed by atoms with Gasteiger partial charge in [0.05, 0.1) is 12.4 Å². The monoisotopic (exact) mass is 479 g/mol. The van der Waals surface area contributed by atoms with Crippen LogP contribution < -0.4 is 0 Å². The molecule has 16 heavy (non-hydrogen) atoms. The van der Waals surface area contributed by atoms with Crippen LogP contribution in [-0.4, -0.2) is 12.4 Å². The topological polar surface area (TPSA) is 24.7 Å². The van der Waals surface area contributed by atoms with Crippen molar-refractivity contribution in [3.63, 3.8) is 0 Å². The molecule has 0 aliphatic carbocycles. The summed E-state index contributed by atoms with van der Waals surface area (Å²) in [6.07, 6.45) is 2.91. The van der Waals surface area contributed by atoms with E-state index in [0.29, 0.717) is 9.47 Å². The molecule has 0 fully saturated rings. The number of halogens is 2. The van der Waals surface area contributed by atoms with Gasteiger partial charge in [0, 0.05) is 5.41 Å². The van der Waals surface area contributed by atoms with Crippen molar-refractivity contribution < 1.29 is 9.47 Å². The van der Waals surface area contributed by atoms with Crippen LogP contribution >= 0.6 is 40.0 Å². The predicted octanol–water partition coefficient (Wildman–Crippen LogP) is 3.88. The Kier molecular flexibility index (Phi) is 16.0. The molecule has 0 unspecified atom stereocenters. The Balaban J connectivity index is 0. The minimum atomic E-state index is 0.0129. The van der Waals surface area contributed by atoms with Gasteiger partial charge in [0.15, 0.2) is 0 Å². The summed E-state index contributed by atoms with van der Waals surface area (Å²) in [7, 11) is 0.628. The third-order valence-corrected chi connectivity index (χ3v) is 0.903. The van der Waals surface area contributed by atoms with E-state index in [1.165, 1.54) is 12.4 Å². The van der Waals surface area contributed by atoms with E-state index in [9.17, 15) is 0 Å². The first-order valence-electron chi connectivity index (χ1n) is 4.38. The van der Waals surface area contributed by atoms with Crippen molar-refractivity contribution in [2.75, 3.05) is 0 Å². The van der Waals surface area contributed by atoms with Crippen LogP contribution in [0.2, 0.25) is 0 Å². The molecule has 0 aromatic carbocycles. The second-order valence-electron chi connectivity index (χ2n) is 3.47. The van der Waals surface area contributed by atoms with Crippen LogP contribution in [-0.2, 0) is 9.47 Å². The maximum absolute atomic E-state index is 3.68. The van der Waals surface area contributed by atoms with Crippen LogP contribution in [0.25, 0.3) is 0 Å². The predicted molar refractivity (Wildman–Crippen MR) is 85.7 cm³/mol. The van der Waals surface area contributed by atoms with Gasteiger partial charge in [-0.15, -0.1) is 16.1 Å². The summed E-state index contributed by atoms with van der Waals surface area (Å²) >= 11 is 4.74. The molecule has 0 heterocycles. The van der Waals surface area contributed by atoms with Gasteiger partial charge >= 0.3 is 49.4 Å². The molecule has 0 bridgehead atoms. The van der Waals surface area contributed by atoms with Gasteiger partial charge < -0.3 is 0 Å². The standard InChI is InChI=1S/C11H14N2.2HI.V/c1-5-6-9-12-13-10-7-8-11(2,3)4;;;/h9-10H,1-4H3;2*1H;/q;;;+2/p-2. The summed E-state index contributed by atoms with van der Waals surface area (Å²) < 4.78 is 0. The average Bonchev–Trinajstić information content (AvgIpc) is 2.16. The van der Waals surface area contributed by atoms with Crippen molar-refractivity contribution in [2.45, 2.75) is 27.7 Å². The molecule has 0 aliphatic rings. The average molecular weight is 479 g/mol. The van der Waals surface area contributed by atoms with E-state index in [4.69, 9.17) is 0 Å². The number of hydrogen-bond acceptors (Lipinski definition) is 2. The molecule has 87 valence electrons. The van der Waals surface area contributed by atoms with Crippen LogP contribution in [0.3, 0.4) is 0 Å². The Labute approximate surface area is 127 Å². The number of nitrogens with zero attached hydrogens (tertiary/aromatic N) is 2. The molecular weight excluding hydrogens is 465 g/mol. The Morgan fingerprint density at radius 1 is 1.06 bits per heavy atom. The van der Waals surface area contributed by atoms with Gasteiger partial charge in [0.25, 0.3) is 0 Å². The Morgan fingerprint density at radius 2 is 1.50 bits per heavy atom. The molecule has 2 nitrogen and oxygen atoms in total. The SMILES string of the molecule is CC#CC=NN=CC#CC(C)(C)C.[I][V][I]. The molecule has 0 amide bonds. The van der Waals surface area contributed by atoms with Gasteiger partial charge in [0.1, 0.15) is 0 Å². The second kappa shape index (κ2) is 13.6. The second-order valence-corrected chi connectivity index (χ2v) is 15.3. The van der Waals surface area contributed by atoms with Crippen LogP contribution in [0.5, 0.6) is 0 Å². The molecule has 0 N–H and O–H groups in total. The Bertz CT molecular complexity index is 335. The minimum absolute atomic E-state index is 0.0129. The quantitative estimate of drug-likeness (QED) is 0.236. The third-order valence-electron chi connectivity index (χ3n) is 0.903. The number of hydrogen-bond donors (Lipinski definition) is 0. The number of rotatable bonds is 1. The van der Waals surface area contributed by atoms with Crippen molar-refractivity contribution in [3.05, 3.63) is 0 Å². The van der Waals surface area contributed by atoms with E-state index >= 15 is 0 Å². The van der Waals surface area contributed by atoms with E-state index < -0.39 is 0 Å².